The van der Waals surface area contributed by atoms with E-state index in [1.807, 2.05) is 0 Å². The van der Waals surface area contributed by atoms with E-state index in [0.29, 0.717) is 35.3 Å². The fourth-order valence-corrected chi connectivity index (χ4v) is 7.20. The zero-order valence-electron chi connectivity index (χ0n) is 14.7. The van der Waals surface area contributed by atoms with Crippen molar-refractivity contribution >= 4 is 11.8 Å². The summed E-state index contributed by atoms with van der Waals surface area (Å²) in [7, 11) is 0. The lowest BCUT2D eigenvalue weighted by Crippen LogP contribution is -2.64. The van der Waals surface area contributed by atoms with Crippen LogP contribution in [0.15, 0.2) is 11.1 Å². The SMILES string of the molecule is CC1=C2C(=O)C3(O)CCC4C5(C)CC5CCC4(C)C3CC2OC1=O. The number of esters is 1. The van der Waals surface area contributed by atoms with Crippen LogP contribution in [0.25, 0.3) is 0 Å². The first-order valence-electron chi connectivity index (χ1n) is 9.41. The molecule has 1 heterocycles. The number of fused-ring (bicyclic) bond motifs is 6. The maximum atomic E-state index is 13.2. The number of ether oxygens (including phenoxy) is 1. The molecule has 0 spiro atoms. The first kappa shape index (κ1) is 15.1. The molecular formula is C20H26O4. The van der Waals surface area contributed by atoms with Crippen LogP contribution in [0.5, 0.6) is 0 Å². The summed E-state index contributed by atoms with van der Waals surface area (Å²) < 4.78 is 5.48. The molecule has 0 saturated heterocycles. The van der Waals surface area contributed by atoms with E-state index in [4.69, 9.17) is 4.74 Å². The number of aliphatic hydroxyl groups is 1. The van der Waals surface area contributed by atoms with Crippen LogP contribution >= 0.6 is 0 Å². The molecule has 4 fully saturated rings. The van der Waals surface area contributed by atoms with Crippen molar-refractivity contribution in [2.45, 2.75) is 71.0 Å². The third-order valence-electron chi connectivity index (χ3n) is 8.64. The topological polar surface area (TPSA) is 63.6 Å². The van der Waals surface area contributed by atoms with Gasteiger partial charge in [0.05, 0.1) is 0 Å². The minimum Gasteiger partial charge on any atom is -0.454 e. The Kier molecular flexibility index (Phi) is 2.61. The van der Waals surface area contributed by atoms with Crippen molar-refractivity contribution in [2.75, 3.05) is 0 Å². The van der Waals surface area contributed by atoms with Crippen molar-refractivity contribution in [3.05, 3.63) is 11.1 Å². The standard InChI is InChI=1S/C20H26O4/c1-10-15-12(24-17(10)22)8-14-18(2)6-4-11-9-19(11,3)13(18)5-7-20(14,23)16(15)21/h11-14,23H,4-9H2,1-3H3. The predicted octanol–water partition coefficient (Wildman–Crippen LogP) is 2.78. The van der Waals surface area contributed by atoms with E-state index in [0.717, 1.165) is 18.8 Å². The van der Waals surface area contributed by atoms with Crippen LogP contribution in [-0.4, -0.2) is 28.6 Å². The molecule has 1 N–H and O–H groups in total. The Morgan fingerprint density at radius 2 is 1.83 bits per heavy atom. The molecule has 0 amide bonds. The molecule has 4 heteroatoms. The lowest BCUT2D eigenvalue weighted by Gasteiger charge is -2.60. The Labute approximate surface area is 142 Å². The molecule has 0 aromatic heterocycles. The lowest BCUT2D eigenvalue weighted by atomic mass is 9.45. The van der Waals surface area contributed by atoms with Crippen LogP contribution in [0.4, 0.5) is 0 Å². The van der Waals surface area contributed by atoms with Gasteiger partial charge in [-0.15, -0.1) is 0 Å². The van der Waals surface area contributed by atoms with Crippen LogP contribution in [0.2, 0.25) is 0 Å². The molecule has 5 aliphatic rings. The monoisotopic (exact) mass is 330 g/mol. The van der Waals surface area contributed by atoms with Crippen LogP contribution in [-0.2, 0) is 14.3 Å². The molecular weight excluding hydrogens is 304 g/mol. The number of rotatable bonds is 0. The molecule has 0 radical (unpaired) electrons. The highest BCUT2D eigenvalue weighted by atomic mass is 16.5. The Morgan fingerprint density at radius 1 is 1.08 bits per heavy atom. The van der Waals surface area contributed by atoms with Gasteiger partial charge < -0.3 is 9.84 Å². The van der Waals surface area contributed by atoms with Gasteiger partial charge in [0.1, 0.15) is 11.7 Å². The Bertz CT molecular complexity index is 708. The van der Waals surface area contributed by atoms with Crippen molar-refractivity contribution in [3.8, 4) is 0 Å². The Morgan fingerprint density at radius 3 is 2.58 bits per heavy atom. The molecule has 4 saturated carbocycles. The molecule has 7 unspecified atom stereocenters. The van der Waals surface area contributed by atoms with Crippen LogP contribution in [0, 0.1) is 28.6 Å². The van der Waals surface area contributed by atoms with E-state index in [1.54, 1.807) is 6.92 Å². The van der Waals surface area contributed by atoms with E-state index in [2.05, 4.69) is 13.8 Å². The number of Topliss-reactive ketones (excluding diaryl/α,β-unsaturated/α-hetero) is 1. The highest BCUT2D eigenvalue weighted by Crippen LogP contribution is 2.74. The van der Waals surface area contributed by atoms with Crippen LogP contribution < -0.4 is 0 Å². The maximum absolute atomic E-state index is 13.2. The molecule has 7 atom stereocenters. The highest BCUT2D eigenvalue weighted by molar-refractivity contribution is 6.11. The normalized spacial score (nSPS) is 55.3. The van der Waals surface area contributed by atoms with Crippen molar-refractivity contribution in [1.29, 1.82) is 0 Å². The quantitative estimate of drug-likeness (QED) is 0.694. The molecule has 130 valence electrons. The van der Waals surface area contributed by atoms with Gasteiger partial charge in [0, 0.05) is 17.1 Å². The first-order valence-corrected chi connectivity index (χ1v) is 9.41. The third-order valence-corrected chi connectivity index (χ3v) is 8.64. The van der Waals surface area contributed by atoms with E-state index in [-0.39, 0.29) is 23.1 Å². The smallest absolute Gasteiger partial charge is 0.334 e. The van der Waals surface area contributed by atoms with Crippen molar-refractivity contribution in [1.82, 2.24) is 0 Å². The first-order chi connectivity index (χ1) is 11.2. The molecule has 4 nitrogen and oxygen atoms in total. The van der Waals surface area contributed by atoms with Crippen LogP contribution in [0.1, 0.15) is 59.3 Å². The van der Waals surface area contributed by atoms with Gasteiger partial charge >= 0.3 is 5.97 Å². The zero-order valence-corrected chi connectivity index (χ0v) is 14.7. The lowest BCUT2D eigenvalue weighted by molar-refractivity contribution is -0.189. The Hall–Kier alpha value is -1.16. The summed E-state index contributed by atoms with van der Waals surface area (Å²) in [6.07, 6.45) is 5.22. The minimum absolute atomic E-state index is 0.0289. The largest absolute Gasteiger partial charge is 0.454 e. The van der Waals surface area contributed by atoms with Crippen molar-refractivity contribution < 1.29 is 19.4 Å². The summed E-state index contributed by atoms with van der Waals surface area (Å²) >= 11 is 0. The zero-order chi connectivity index (χ0) is 17.1. The molecule has 4 aliphatic carbocycles. The number of ketones is 1. The number of hydrogen-bond donors (Lipinski definition) is 1. The summed E-state index contributed by atoms with van der Waals surface area (Å²) in [6.45, 7) is 6.35. The summed E-state index contributed by atoms with van der Waals surface area (Å²) in [5.74, 6) is 0.704. The fraction of sp³-hybridized carbons (Fsp3) is 0.800. The van der Waals surface area contributed by atoms with Crippen LogP contribution in [0.3, 0.4) is 0 Å². The Balaban J connectivity index is 1.60. The van der Waals surface area contributed by atoms with E-state index in [9.17, 15) is 14.7 Å². The second-order valence-electron chi connectivity index (χ2n) is 9.52. The van der Waals surface area contributed by atoms with Crippen molar-refractivity contribution in [2.24, 2.45) is 28.6 Å². The van der Waals surface area contributed by atoms with Gasteiger partial charge in [-0.3, -0.25) is 4.79 Å². The minimum atomic E-state index is -1.30. The number of carbonyl (C=O) groups is 2. The highest BCUT2D eigenvalue weighted by Gasteiger charge is 2.71. The fourth-order valence-electron chi connectivity index (χ4n) is 7.20. The average molecular weight is 330 g/mol. The average Bonchev–Trinajstić information content (AvgIpc) is 3.11. The van der Waals surface area contributed by atoms with E-state index < -0.39 is 11.7 Å². The molecule has 0 bridgehead atoms. The molecule has 0 aromatic rings. The molecule has 0 aromatic carbocycles. The summed E-state index contributed by atoms with van der Waals surface area (Å²) in [5.41, 5.74) is -0.0759. The van der Waals surface area contributed by atoms with Gasteiger partial charge in [0.15, 0.2) is 5.78 Å². The van der Waals surface area contributed by atoms with Gasteiger partial charge in [-0.1, -0.05) is 13.8 Å². The second kappa shape index (κ2) is 4.14. The third kappa shape index (κ3) is 1.50. The molecule has 5 rings (SSSR count). The summed E-state index contributed by atoms with van der Waals surface area (Å²) in [5, 5.41) is 11.4. The van der Waals surface area contributed by atoms with E-state index >= 15 is 0 Å². The number of carbonyl (C=O) groups excluding carboxylic acids is 2. The summed E-state index contributed by atoms with van der Waals surface area (Å²) in [4.78, 5) is 25.1. The second-order valence-corrected chi connectivity index (χ2v) is 9.52. The molecule has 1 aliphatic heterocycles. The van der Waals surface area contributed by atoms with Gasteiger partial charge in [-0.05, 0) is 68.1 Å². The maximum Gasteiger partial charge on any atom is 0.334 e. The number of hydrogen-bond acceptors (Lipinski definition) is 4. The van der Waals surface area contributed by atoms with Gasteiger partial charge in [-0.2, -0.15) is 0 Å². The van der Waals surface area contributed by atoms with Gasteiger partial charge in [0.2, 0.25) is 0 Å². The predicted molar refractivity (Wildman–Crippen MR) is 86.9 cm³/mol. The van der Waals surface area contributed by atoms with Crippen molar-refractivity contribution in [3.63, 3.8) is 0 Å². The summed E-state index contributed by atoms with van der Waals surface area (Å²) in [6, 6.07) is 0. The van der Waals surface area contributed by atoms with E-state index in [1.165, 1.54) is 12.8 Å². The molecule has 24 heavy (non-hydrogen) atoms. The van der Waals surface area contributed by atoms with Gasteiger partial charge in [0.25, 0.3) is 0 Å². The van der Waals surface area contributed by atoms with Gasteiger partial charge in [-0.25, -0.2) is 4.79 Å².